The van der Waals surface area contributed by atoms with Gasteiger partial charge >= 0.3 is 0 Å². The Morgan fingerprint density at radius 1 is 0.511 bits per heavy atom. The summed E-state index contributed by atoms with van der Waals surface area (Å²) in [7, 11) is 0. The highest BCUT2D eigenvalue weighted by Crippen LogP contribution is 2.54. The van der Waals surface area contributed by atoms with Crippen LogP contribution in [-0.4, -0.2) is 0 Å². The number of fused-ring (bicyclic) bond motifs is 8. The van der Waals surface area contributed by atoms with Gasteiger partial charge in [-0.2, -0.15) is 0 Å². The van der Waals surface area contributed by atoms with Gasteiger partial charge in [-0.25, -0.2) is 0 Å². The molecule has 1 aliphatic carbocycles. The molecule has 9 rings (SSSR count). The molecule has 0 fully saturated rings. The van der Waals surface area contributed by atoms with Gasteiger partial charge < -0.3 is 9.32 Å². The summed E-state index contributed by atoms with van der Waals surface area (Å²) < 4.78 is 6.47. The molecule has 0 spiro atoms. The van der Waals surface area contributed by atoms with Gasteiger partial charge in [-0.15, -0.1) is 0 Å². The average molecular weight is 578 g/mol. The SMILES string of the molecule is CC1(C)c2ccccc2-c2c(N(c3ccccc3)c3ccccc3-c3ccc4oc5c6ccccc6ccc5c4c3)cccc21. The van der Waals surface area contributed by atoms with Gasteiger partial charge in [0.15, 0.2) is 0 Å². The number of nitrogens with zero attached hydrogens (tertiary/aromatic N) is 1. The van der Waals surface area contributed by atoms with Crippen molar-refractivity contribution in [2.24, 2.45) is 0 Å². The topological polar surface area (TPSA) is 16.4 Å². The first-order chi connectivity index (χ1) is 22.1. The van der Waals surface area contributed by atoms with Crippen molar-refractivity contribution < 1.29 is 4.42 Å². The summed E-state index contributed by atoms with van der Waals surface area (Å²) in [5.41, 5.74) is 12.9. The van der Waals surface area contributed by atoms with Crippen LogP contribution in [0.5, 0.6) is 0 Å². The molecule has 45 heavy (non-hydrogen) atoms. The Balaban J connectivity index is 1.29. The first-order valence-electron chi connectivity index (χ1n) is 15.6. The van der Waals surface area contributed by atoms with Crippen molar-refractivity contribution >= 4 is 49.8 Å². The molecule has 0 aliphatic heterocycles. The first-order valence-corrected chi connectivity index (χ1v) is 15.6. The standard InChI is InChI=1S/C43H31NO/c1-43(2)36-19-10-8-18-34(36)41-37(43)20-12-22-39(41)44(30-14-4-3-5-15-30)38-21-11-9-16-31(38)29-24-26-40-35(27-29)33-25-23-28-13-6-7-17-32(28)42(33)45-40/h3-27H,1-2H3. The maximum Gasteiger partial charge on any atom is 0.143 e. The molecule has 2 nitrogen and oxygen atoms in total. The van der Waals surface area contributed by atoms with Crippen molar-refractivity contribution in [1.29, 1.82) is 0 Å². The predicted molar refractivity (Wildman–Crippen MR) is 189 cm³/mol. The number of hydrogen-bond acceptors (Lipinski definition) is 2. The van der Waals surface area contributed by atoms with Gasteiger partial charge in [0.1, 0.15) is 11.2 Å². The zero-order valence-electron chi connectivity index (χ0n) is 25.3. The summed E-state index contributed by atoms with van der Waals surface area (Å²) in [6.45, 7) is 4.69. The van der Waals surface area contributed by atoms with Crippen molar-refractivity contribution in [2.45, 2.75) is 19.3 Å². The Bertz CT molecular complexity index is 2410. The van der Waals surface area contributed by atoms with Crippen LogP contribution in [0.3, 0.4) is 0 Å². The van der Waals surface area contributed by atoms with Crippen LogP contribution < -0.4 is 4.90 Å². The van der Waals surface area contributed by atoms with E-state index in [1.165, 1.54) is 38.9 Å². The van der Waals surface area contributed by atoms with Crippen LogP contribution in [0.2, 0.25) is 0 Å². The van der Waals surface area contributed by atoms with Crippen molar-refractivity contribution in [3.05, 3.63) is 163 Å². The van der Waals surface area contributed by atoms with Crippen LogP contribution in [0.1, 0.15) is 25.0 Å². The summed E-state index contributed by atoms with van der Waals surface area (Å²) in [4.78, 5) is 2.44. The quantitative estimate of drug-likeness (QED) is 0.207. The summed E-state index contributed by atoms with van der Waals surface area (Å²) >= 11 is 0. The van der Waals surface area contributed by atoms with Crippen molar-refractivity contribution in [1.82, 2.24) is 0 Å². The minimum atomic E-state index is -0.0820. The third-order valence-corrected chi connectivity index (χ3v) is 9.66. The van der Waals surface area contributed by atoms with E-state index in [0.717, 1.165) is 44.3 Å². The molecule has 0 N–H and O–H groups in total. The molecule has 0 bridgehead atoms. The van der Waals surface area contributed by atoms with Crippen molar-refractivity contribution in [3.63, 3.8) is 0 Å². The van der Waals surface area contributed by atoms with E-state index >= 15 is 0 Å². The molecule has 2 heteroatoms. The molecule has 8 aromatic rings. The second kappa shape index (κ2) is 9.70. The fourth-order valence-electron chi connectivity index (χ4n) is 7.49. The van der Waals surface area contributed by atoms with E-state index < -0.39 is 0 Å². The van der Waals surface area contributed by atoms with E-state index in [1.54, 1.807) is 0 Å². The number of rotatable bonds is 4. The van der Waals surface area contributed by atoms with Gasteiger partial charge in [-0.1, -0.05) is 123 Å². The highest BCUT2D eigenvalue weighted by Gasteiger charge is 2.37. The lowest BCUT2D eigenvalue weighted by molar-refractivity contribution is 0.660. The lowest BCUT2D eigenvalue weighted by atomic mass is 9.82. The lowest BCUT2D eigenvalue weighted by Gasteiger charge is -2.30. The largest absolute Gasteiger partial charge is 0.455 e. The van der Waals surface area contributed by atoms with Gasteiger partial charge in [0, 0.05) is 38.4 Å². The van der Waals surface area contributed by atoms with Crippen LogP contribution in [-0.2, 0) is 5.41 Å². The Hall–Kier alpha value is -5.60. The van der Waals surface area contributed by atoms with Crippen LogP contribution in [0, 0.1) is 0 Å². The van der Waals surface area contributed by atoms with Gasteiger partial charge in [-0.3, -0.25) is 0 Å². The third-order valence-electron chi connectivity index (χ3n) is 9.66. The summed E-state index contributed by atoms with van der Waals surface area (Å²) in [5, 5.41) is 4.60. The molecule has 1 heterocycles. The van der Waals surface area contributed by atoms with Gasteiger partial charge in [0.05, 0.1) is 11.4 Å². The number of hydrogen-bond donors (Lipinski definition) is 0. The fraction of sp³-hybridized carbons (Fsp3) is 0.0698. The molecule has 0 radical (unpaired) electrons. The number of furan rings is 1. The predicted octanol–water partition coefficient (Wildman–Crippen LogP) is 12.2. The molecular formula is C43H31NO. The molecule has 214 valence electrons. The number of para-hydroxylation sites is 2. The number of benzene rings is 7. The van der Waals surface area contributed by atoms with Crippen molar-refractivity contribution in [2.75, 3.05) is 4.90 Å². The van der Waals surface area contributed by atoms with Crippen molar-refractivity contribution in [3.8, 4) is 22.3 Å². The van der Waals surface area contributed by atoms with Gasteiger partial charge in [0.25, 0.3) is 0 Å². The molecule has 7 aromatic carbocycles. The highest BCUT2D eigenvalue weighted by atomic mass is 16.3. The minimum absolute atomic E-state index is 0.0820. The van der Waals surface area contributed by atoms with Gasteiger partial charge in [-0.05, 0) is 70.1 Å². The first kappa shape index (κ1) is 25.9. The molecule has 0 saturated carbocycles. The number of anilines is 3. The molecule has 0 saturated heterocycles. The van der Waals surface area contributed by atoms with Crippen LogP contribution >= 0.6 is 0 Å². The Kier molecular flexibility index (Phi) is 5.58. The fourth-order valence-corrected chi connectivity index (χ4v) is 7.49. The lowest BCUT2D eigenvalue weighted by Crippen LogP contribution is -2.16. The van der Waals surface area contributed by atoms with Crippen LogP contribution in [0.15, 0.2) is 156 Å². The second-order valence-electron chi connectivity index (χ2n) is 12.5. The Morgan fingerprint density at radius 2 is 1.22 bits per heavy atom. The smallest absolute Gasteiger partial charge is 0.143 e. The van der Waals surface area contributed by atoms with E-state index in [2.05, 4.69) is 170 Å². The highest BCUT2D eigenvalue weighted by molar-refractivity contribution is 6.15. The monoisotopic (exact) mass is 577 g/mol. The molecule has 0 atom stereocenters. The molecule has 1 aliphatic rings. The van der Waals surface area contributed by atoms with Gasteiger partial charge in [0.2, 0.25) is 0 Å². The molecule has 0 amide bonds. The Morgan fingerprint density at radius 3 is 2.11 bits per heavy atom. The molecular weight excluding hydrogens is 546 g/mol. The summed E-state index contributed by atoms with van der Waals surface area (Å²) in [6, 6.07) is 54.7. The second-order valence-corrected chi connectivity index (χ2v) is 12.5. The van der Waals surface area contributed by atoms with Crippen LogP contribution in [0.25, 0.3) is 55.0 Å². The molecule has 1 aromatic heterocycles. The zero-order chi connectivity index (χ0) is 30.1. The summed E-state index contributed by atoms with van der Waals surface area (Å²) in [5.74, 6) is 0. The maximum atomic E-state index is 6.47. The summed E-state index contributed by atoms with van der Waals surface area (Å²) in [6.07, 6.45) is 0. The van der Waals surface area contributed by atoms with E-state index in [0.29, 0.717) is 0 Å². The average Bonchev–Trinajstić information content (AvgIpc) is 3.58. The van der Waals surface area contributed by atoms with E-state index in [-0.39, 0.29) is 5.41 Å². The normalized spacial score (nSPS) is 13.3. The molecule has 0 unspecified atom stereocenters. The Labute approximate surface area is 262 Å². The maximum absolute atomic E-state index is 6.47. The van der Waals surface area contributed by atoms with E-state index in [9.17, 15) is 0 Å². The minimum Gasteiger partial charge on any atom is -0.455 e. The van der Waals surface area contributed by atoms with E-state index in [4.69, 9.17) is 4.42 Å². The zero-order valence-corrected chi connectivity index (χ0v) is 25.3. The van der Waals surface area contributed by atoms with E-state index in [1.807, 2.05) is 0 Å². The van der Waals surface area contributed by atoms with Crippen LogP contribution in [0.4, 0.5) is 17.1 Å². The third kappa shape index (κ3) is 3.82.